The first-order valence-electron chi connectivity index (χ1n) is 3.99. The second kappa shape index (κ2) is 4.09. The molecule has 0 spiro atoms. The third kappa shape index (κ3) is 2.91. The maximum absolute atomic E-state index is 10.4. The van der Waals surface area contributed by atoms with E-state index in [-0.39, 0.29) is 6.61 Å². The fraction of sp³-hybridized carbons (Fsp3) is 0.444. The van der Waals surface area contributed by atoms with Gasteiger partial charge in [0.1, 0.15) is 18.1 Å². The molecule has 0 fully saturated rings. The van der Waals surface area contributed by atoms with Crippen LogP contribution in [-0.4, -0.2) is 17.2 Å². The van der Waals surface area contributed by atoms with E-state index < -0.39 is 12.1 Å². The van der Waals surface area contributed by atoms with Crippen molar-refractivity contribution in [1.29, 1.82) is 0 Å². The van der Waals surface area contributed by atoms with Gasteiger partial charge in [-0.25, -0.2) is 4.79 Å². The predicted octanol–water partition coefficient (Wildman–Crippen LogP) is 1.58. The molecule has 0 unspecified atom stereocenters. The van der Waals surface area contributed by atoms with Crippen LogP contribution in [0.15, 0.2) is 16.5 Å². The summed E-state index contributed by atoms with van der Waals surface area (Å²) in [6.45, 7) is 3.50. The van der Waals surface area contributed by atoms with Crippen molar-refractivity contribution in [2.75, 3.05) is 0 Å². The molecule has 0 aliphatic carbocycles. The highest BCUT2D eigenvalue weighted by atomic mass is 16.5. The first kappa shape index (κ1) is 9.80. The van der Waals surface area contributed by atoms with Gasteiger partial charge >= 0.3 is 5.97 Å². The van der Waals surface area contributed by atoms with Gasteiger partial charge in [-0.2, -0.15) is 0 Å². The Kier molecular flexibility index (Phi) is 3.08. The Morgan fingerprint density at radius 3 is 2.85 bits per heavy atom. The number of carboxylic acid groups (broad SMARTS) is 1. The normalized spacial score (nSPS) is 12.8. The summed E-state index contributed by atoms with van der Waals surface area (Å²) in [5.74, 6) is 0.468. The van der Waals surface area contributed by atoms with Gasteiger partial charge in [-0.3, -0.25) is 0 Å². The van der Waals surface area contributed by atoms with Crippen molar-refractivity contribution in [2.24, 2.45) is 0 Å². The van der Waals surface area contributed by atoms with E-state index in [4.69, 9.17) is 14.3 Å². The average molecular weight is 184 g/mol. The van der Waals surface area contributed by atoms with Gasteiger partial charge in [0.2, 0.25) is 0 Å². The summed E-state index contributed by atoms with van der Waals surface area (Å²) < 4.78 is 10.2. The van der Waals surface area contributed by atoms with Gasteiger partial charge in [-0.05, 0) is 26.0 Å². The lowest BCUT2D eigenvalue weighted by atomic mass is 10.4. The Balaban J connectivity index is 2.39. The summed E-state index contributed by atoms with van der Waals surface area (Å²) in [5.41, 5.74) is 0. The van der Waals surface area contributed by atoms with Crippen molar-refractivity contribution >= 4 is 5.97 Å². The zero-order valence-corrected chi connectivity index (χ0v) is 7.61. The van der Waals surface area contributed by atoms with Crippen LogP contribution in [0.1, 0.15) is 18.4 Å². The van der Waals surface area contributed by atoms with Crippen molar-refractivity contribution in [3.05, 3.63) is 23.7 Å². The number of rotatable bonds is 4. The quantitative estimate of drug-likeness (QED) is 0.771. The van der Waals surface area contributed by atoms with Gasteiger partial charge < -0.3 is 14.3 Å². The van der Waals surface area contributed by atoms with Crippen LogP contribution in [0.4, 0.5) is 0 Å². The molecule has 0 amide bonds. The van der Waals surface area contributed by atoms with Crippen LogP contribution in [0.2, 0.25) is 0 Å². The van der Waals surface area contributed by atoms with Gasteiger partial charge in [0.25, 0.3) is 0 Å². The third-order valence-corrected chi connectivity index (χ3v) is 1.62. The van der Waals surface area contributed by atoms with Crippen LogP contribution in [0, 0.1) is 6.92 Å². The number of ether oxygens (including phenoxy) is 1. The number of carboxylic acids is 1. The maximum Gasteiger partial charge on any atom is 0.332 e. The topological polar surface area (TPSA) is 59.7 Å². The van der Waals surface area contributed by atoms with Crippen LogP contribution in [-0.2, 0) is 16.1 Å². The largest absolute Gasteiger partial charge is 0.479 e. The lowest BCUT2D eigenvalue weighted by Gasteiger charge is -2.05. The molecule has 0 saturated carbocycles. The van der Waals surface area contributed by atoms with Crippen molar-refractivity contribution < 1.29 is 19.1 Å². The Bertz CT molecular complexity index is 290. The number of aliphatic carboxylic acids is 1. The van der Waals surface area contributed by atoms with Crippen molar-refractivity contribution in [2.45, 2.75) is 26.6 Å². The fourth-order valence-electron chi connectivity index (χ4n) is 0.841. The lowest BCUT2D eigenvalue weighted by molar-refractivity contribution is -0.150. The molecule has 4 heteroatoms. The minimum Gasteiger partial charge on any atom is -0.479 e. The molecule has 1 atom stereocenters. The minimum atomic E-state index is -0.969. The molecule has 1 aromatic rings. The van der Waals surface area contributed by atoms with Gasteiger partial charge in [0, 0.05) is 0 Å². The molecule has 72 valence electrons. The second-order valence-corrected chi connectivity index (χ2v) is 2.80. The number of carbonyl (C=O) groups is 1. The molecule has 0 saturated heterocycles. The van der Waals surface area contributed by atoms with Crippen LogP contribution in [0.5, 0.6) is 0 Å². The van der Waals surface area contributed by atoms with E-state index in [1.54, 1.807) is 6.07 Å². The second-order valence-electron chi connectivity index (χ2n) is 2.80. The molecule has 13 heavy (non-hydrogen) atoms. The summed E-state index contributed by atoms with van der Waals surface area (Å²) in [6.07, 6.45) is -0.801. The SMILES string of the molecule is Cc1ccc(CO[C@@H](C)C(=O)O)o1. The van der Waals surface area contributed by atoms with Crippen LogP contribution < -0.4 is 0 Å². The first-order chi connectivity index (χ1) is 6.09. The van der Waals surface area contributed by atoms with E-state index >= 15 is 0 Å². The molecule has 4 nitrogen and oxygen atoms in total. The van der Waals surface area contributed by atoms with E-state index in [0.717, 1.165) is 5.76 Å². The maximum atomic E-state index is 10.4. The highest BCUT2D eigenvalue weighted by Crippen LogP contribution is 2.08. The molecule has 0 aliphatic rings. The molecule has 0 aliphatic heterocycles. The smallest absolute Gasteiger partial charge is 0.332 e. The zero-order valence-electron chi connectivity index (χ0n) is 7.61. The molecule has 1 N–H and O–H groups in total. The average Bonchev–Trinajstić information content (AvgIpc) is 2.47. The van der Waals surface area contributed by atoms with Crippen molar-refractivity contribution in [3.8, 4) is 0 Å². The van der Waals surface area contributed by atoms with Crippen molar-refractivity contribution in [1.82, 2.24) is 0 Å². The van der Waals surface area contributed by atoms with Crippen LogP contribution >= 0.6 is 0 Å². The number of hydrogen-bond acceptors (Lipinski definition) is 3. The molecule has 1 rings (SSSR count). The van der Waals surface area contributed by atoms with E-state index in [1.165, 1.54) is 6.92 Å². The Morgan fingerprint density at radius 2 is 2.38 bits per heavy atom. The standard InChI is InChI=1S/C9H12O4/c1-6-3-4-8(13-6)5-12-7(2)9(10)11/h3-4,7H,5H2,1-2H3,(H,10,11)/t7-/m0/s1. The summed E-state index contributed by atoms with van der Waals surface area (Å²) in [6, 6.07) is 3.58. The van der Waals surface area contributed by atoms with Gasteiger partial charge in [-0.15, -0.1) is 0 Å². The monoisotopic (exact) mass is 184 g/mol. The van der Waals surface area contributed by atoms with E-state index in [2.05, 4.69) is 0 Å². The molecule has 1 heterocycles. The fourth-order valence-corrected chi connectivity index (χ4v) is 0.841. The van der Waals surface area contributed by atoms with Crippen LogP contribution in [0.3, 0.4) is 0 Å². The molecule has 0 bridgehead atoms. The Labute approximate surface area is 76.1 Å². The zero-order chi connectivity index (χ0) is 9.84. The summed E-state index contributed by atoms with van der Waals surface area (Å²) >= 11 is 0. The number of hydrogen-bond donors (Lipinski definition) is 1. The molecule has 0 aromatic carbocycles. The third-order valence-electron chi connectivity index (χ3n) is 1.62. The Hall–Kier alpha value is -1.29. The first-order valence-corrected chi connectivity index (χ1v) is 3.99. The minimum absolute atomic E-state index is 0.196. The number of furan rings is 1. The van der Waals surface area contributed by atoms with E-state index in [0.29, 0.717) is 5.76 Å². The van der Waals surface area contributed by atoms with Crippen molar-refractivity contribution in [3.63, 3.8) is 0 Å². The predicted molar refractivity (Wildman–Crippen MR) is 45.3 cm³/mol. The van der Waals surface area contributed by atoms with E-state index in [1.807, 2.05) is 13.0 Å². The van der Waals surface area contributed by atoms with Crippen LogP contribution in [0.25, 0.3) is 0 Å². The summed E-state index contributed by atoms with van der Waals surface area (Å²) in [4.78, 5) is 10.4. The van der Waals surface area contributed by atoms with Gasteiger partial charge in [0.05, 0.1) is 0 Å². The molecular weight excluding hydrogens is 172 g/mol. The number of aryl methyl sites for hydroxylation is 1. The highest BCUT2D eigenvalue weighted by molar-refractivity contribution is 5.71. The molecule has 0 radical (unpaired) electrons. The summed E-state index contributed by atoms with van der Waals surface area (Å²) in [5, 5.41) is 8.51. The van der Waals surface area contributed by atoms with Gasteiger partial charge in [0.15, 0.2) is 6.10 Å². The summed E-state index contributed by atoms with van der Waals surface area (Å²) in [7, 11) is 0. The lowest BCUT2D eigenvalue weighted by Crippen LogP contribution is -2.19. The Morgan fingerprint density at radius 1 is 1.69 bits per heavy atom. The van der Waals surface area contributed by atoms with E-state index in [9.17, 15) is 4.79 Å². The molecule has 1 aromatic heterocycles. The van der Waals surface area contributed by atoms with Gasteiger partial charge in [-0.1, -0.05) is 0 Å². The highest BCUT2D eigenvalue weighted by Gasteiger charge is 2.11. The molecular formula is C9H12O4.